The number of hydrogen-bond donors (Lipinski definition) is 1. The van der Waals surface area contributed by atoms with Gasteiger partial charge >= 0.3 is 0 Å². The van der Waals surface area contributed by atoms with Crippen LogP contribution in [0.15, 0.2) is 60.8 Å². The number of ether oxygens (including phenoxy) is 1. The molecule has 1 aromatic heterocycles. The molecule has 0 aliphatic heterocycles. The first kappa shape index (κ1) is 20.4. The van der Waals surface area contributed by atoms with Gasteiger partial charge in [-0.2, -0.15) is 0 Å². The topological polar surface area (TPSA) is 54.5 Å². The molecule has 1 aliphatic carbocycles. The zero-order valence-electron chi connectivity index (χ0n) is 17.9. The van der Waals surface area contributed by atoms with Crippen molar-refractivity contribution in [1.29, 1.82) is 0 Å². The lowest BCUT2D eigenvalue weighted by Crippen LogP contribution is -2.53. The van der Waals surface area contributed by atoms with Crippen LogP contribution in [0, 0.1) is 0 Å². The number of carbonyl (C=O) groups excluding carboxylic acids is 1. The van der Waals surface area contributed by atoms with Crippen LogP contribution in [-0.4, -0.2) is 42.5 Å². The average Bonchev–Trinajstić information content (AvgIpc) is 3.28. The van der Waals surface area contributed by atoms with Crippen LogP contribution in [0.5, 0.6) is 5.75 Å². The molecule has 1 amide bonds. The minimum Gasteiger partial charge on any atom is -0.497 e. The first-order chi connectivity index (χ1) is 14.5. The molecule has 4 rings (SSSR count). The van der Waals surface area contributed by atoms with Gasteiger partial charge in [0.15, 0.2) is 0 Å². The molecule has 0 spiro atoms. The van der Waals surface area contributed by atoms with Crippen LogP contribution in [0.2, 0.25) is 0 Å². The molecule has 0 radical (unpaired) electrons. The summed E-state index contributed by atoms with van der Waals surface area (Å²) in [5.41, 5.74) is 2.43. The van der Waals surface area contributed by atoms with Crippen LogP contribution < -0.4 is 10.1 Å². The van der Waals surface area contributed by atoms with E-state index >= 15 is 0 Å². The molecular weight excluding hydrogens is 374 g/mol. The van der Waals surface area contributed by atoms with Crippen molar-refractivity contribution in [3.05, 3.63) is 71.9 Å². The second-order valence-corrected chi connectivity index (χ2v) is 8.26. The Morgan fingerprint density at radius 2 is 1.83 bits per heavy atom. The number of aromatic nitrogens is 1. The van der Waals surface area contributed by atoms with Gasteiger partial charge in [-0.1, -0.05) is 43.2 Å². The number of nitrogens with zero attached hydrogens (tertiary/aromatic N) is 2. The number of nitrogens with one attached hydrogen (secondary N) is 1. The number of rotatable bonds is 6. The molecule has 5 heteroatoms. The van der Waals surface area contributed by atoms with Gasteiger partial charge in [0, 0.05) is 17.1 Å². The fraction of sp³-hybridized carbons (Fsp3) is 0.360. The molecule has 3 aromatic rings. The molecule has 156 valence electrons. The van der Waals surface area contributed by atoms with E-state index in [2.05, 4.69) is 41.4 Å². The van der Waals surface area contributed by atoms with Gasteiger partial charge < -0.3 is 15.0 Å². The van der Waals surface area contributed by atoms with Crippen molar-refractivity contribution in [2.75, 3.05) is 21.2 Å². The first-order valence-corrected chi connectivity index (χ1v) is 10.5. The number of benzene rings is 2. The molecular formula is C25H29N3O2. The van der Waals surface area contributed by atoms with Crippen LogP contribution in [0.4, 0.5) is 0 Å². The third-order valence-corrected chi connectivity index (χ3v) is 6.50. The van der Waals surface area contributed by atoms with Gasteiger partial charge in [-0.05, 0) is 56.8 Å². The summed E-state index contributed by atoms with van der Waals surface area (Å²) in [5.74, 6) is 0.627. The second-order valence-electron chi connectivity index (χ2n) is 8.26. The minimum absolute atomic E-state index is 0.0855. The Morgan fingerprint density at radius 1 is 1.10 bits per heavy atom. The SMILES string of the molecule is COc1ccc2nccc(C(=O)NC(c3ccccc3)C3(N(C)C)CCCC3)c2c1. The summed E-state index contributed by atoms with van der Waals surface area (Å²) < 4.78 is 5.37. The van der Waals surface area contributed by atoms with Crippen molar-refractivity contribution >= 4 is 16.8 Å². The fourth-order valence-corrected chi connectivity index (χ4v) is 4.81. The third kappa shape index (κ3) is 3.65. The van der Waals surface area contributed by atoms with Crippen LogP contribution in [0.1, 0.15) is 47.6 Å². The van der Waals surface area contributed by atoms with Gasteiger partial charge in [0.1, 0.15) is 5.75 Å². The maximum absolute atomic E-state index is 13.6. The maximum Gasteiger partial charge on any atom is 0.252 e. The molecule has 1 N–H and O–H groups in total. The monoisotopic (exact) mass is 403 g/mol. The van der Waals surface area contributed by atoms with E-state index in [0.29, 0.717) is 11.3 Å². The molecule has 30 heavy (non-hydrogen) atoms. The van der Waals surface area contributed by atoms with E-state index in [1.807, 2.05) is 36.4 Å². The number of pyridine rings is 1. The van der Waals surface area contributed by atoms with Gasteiger partial charge in [-0.15, -0.1) is 0 Å². The maximum atomic E-state index is 13.6. The fourth-order valence-electron chi connectivity index (χ4n) is 4.81. The molecule has 2 aromatic carbocycles. The van der Waals surface area contributed by atoms with Gasteiger partial charge in [-0.25, -0.2) is 0 Å². The Bertz CT molecular complexity index is 1030. The van der Waals surface area contributed by atoms with E-state index in [4.69, 9.17) is 4.74 Å². The lowest BCUT2D eigenvalue weighted by atomic mass is 9.82. The average molecular weight is 404 g/mol. The number of carbonyl (C=O) groups is 1. The summed E-state index contributed by atoms with van der Waals surface area (Å²) in [6.45, 7) is 0. The molecule has 1 heterocycles. The van der Waals surface area contributed by atoms with Crippen LogP contribution in [-0.2, 0) is 0 Å². The molecule has 0 bridgehead atoms. The van der Waals surface area contributed by atoms with Crippen molar-refractivity contribution in [2.45, 2.75) is 37.3 Å². The van der Waals surface area contributed by atoms with Gasteiger partial charge in [0.25, 0.3) is 5.91 Å². The Balaban J connectivity index is 1.75. The molecule has 0 saturated heterocycles. The summed E-state index contributed by atoms with van der Waals surface area (Å²) in [6, 6.07) is 17.6. The van der Waals surface area contributed by atoms with E-state index in [0.717, 1.165) is 29.3 Å². The van der Waals surface area contributed by atoms with Crippen LogP contribution in [0.25, 0.3) is 10.9 Å². The van der Waals surface area contributed by atoms with E-state index in [1.54, 1.807) is 19.4 Å². The lowest BCUT2D eigenvalue weighted by molar-refractivity contribution is 0.0767. The highest BCUT2D eigenvalue weighted by molar-refractivity contribution is 6.06. The Labute approximate surface area is 178 Å². The summed E-state index contributed by atoms with van der Waals surface area (Å²) in [5, 5.41) is 4.19. The molecule has 5 nitrogen and oxygen atoms in total. The van der Waals surface area contributed by atoms with Crippen molar-refractivity contribution in [3.8, 4) is 5.75 Å². The highest BCUT2D eigenvalue weighted by Gasteiger charge is 2.44. The Morgan fingerprint density at radius 3 is 2.50 bits per heavy atom. The van der Waals surface area contributed by atoms with Crippen molar-refractivity contribution in [1.82, 2.24) is 15.2 Å². The summed E-state index contributed by atoms with van der Waals surface area (Å²) in [4.78, 5) is 20.3. The predicted octanol–water partition coefficient (Wildman–Crippen LogP) is 4.59. The van der Waals surface area contributed by atoms with Crippen molar-refractivity contribution < 1.29 is 9.53 Å². The highest BCUT2D eigenvalue weighted by Crippen LogP contribution is 2.43. The third-order valence-electron chi connectivity index (χ3n) is 6.50. The van der Waals surface area contributed by atoms with E-state index in [1.165, 1.54) is 12.8 Å². The molecule has 1 aliphatic rings. The summed E-state index contributed by atoms with van der Waals surface area (Å²) in [6.07, 6.45) is 6.16. The van der Waals surface area contributed by atoms with Crippen molar-refractivity contribution in [3.63, 3.8) is 0 Å². The molecule has 1 saturated carbocycles. The highest BCUT2D eigenvalue weighted by atomic mass is 16.5. The number of amides is 1. The first-order valence-electron chi connectivity index (χ1n) is 10.5. The van der Waals surface area contributed by atoms with Crippen molar-refractivity contribution in [2.24, 2.45) is 0 Å². The largest absolute Gasteiger partial charge is 0.497 e. The van der Waals surface area contributed by atoms with E-state index in [-0.39, 0.29) is 17.5 Å². The quantitative estimate of drug-likeness (QED) is 0.654. The molecule has 1 fully saturated rings. The van der Waals surface area contributed by atoms with Crippen LogP contribution >= 0.6 is 0 Å². The van der Waals surface area contributed by atoms with Gasteiger partial charge in [-0.3, -0.25) is 9.78 Å². The Hall–Kier alpha value is -2.92. The standard InChI is InChI=1S/C25H29N3O2/c1-28(2)25(14-7-8-15-25)23(18-9-5-4-6-10-18)27-24(29)20-13-16-26-22-12-11-19(30-3)17-21(20)22/h4-6,9-13,16-17,23H,7-8,14-15H2,1-3H3,(H,27,29). The molecule has 1 unspecified atom stereocenters. The van der Waals surface area contributed by atoms with E-state index in [9.17, 15) is 4.79 Å². The smallest absolute Gasteiger partial charge is 0.252 e. The number of methoxy groups -OCH3 is 1. The minimum atomic E-state index is -0.0997. The number of likely N-dealkylation sites (N-methyl/N-ethyl adjacent to an activating group) is 1. The second kappa shape index (κ2) is 8.44. The van der Waals surface area contributed by atoms with E-state index < -0.39 is 0 Å². The number of hydrogen-bond acceptors (Lipinski definition) is 4. The van der Waals surface area contributed by atoms with Gasteiger partial charge in [0.05, 0.1) is 24.2 Å². The zero-order valence-corrected chi connectivity index (χ0v) is 17.9. The number of fused-ring (bicyclic) bond motifs is 1. The predicted molar refractivity (Wildman–Crippen MR) is 120 cm³/mol. The molecule has 1 atom stereocenters. The zero-order chi connectivity index (χ0) is 21.1. The summed E-state index contributed by atoms with van der Waals surface area (Å²) >= 11 is 0. The summed E-state index contributed by atoms with van der Waals surface area (Å²) in [7, 11) is 5.88. The Kier molecular flexibility index (Phi) is 5.73. The lowest BCUT2D eigenvalue weighted by Gasteiger charge is -2.44. The van der Waals surface area contributed by atoms with Gasteiger partial charge in [0.2, 0.25) is 0 Å². The van der Waals surface area contributed by atoms with Crippen LogP contribution in [0.3, 0.4) is 0 Å². The normalized spacial score (nSPS) is 16.5.